The lowest BCUT2D eigenvalue weighted by atomic mass is 9.82. The normalized spacial score (nSPS) is 35.2. The molecule has 3 unspecified atom stereocenters. The van der Waals surface area contributed by atoms with Gasteiger partial charge in [0.1, 0.15) is 11.1 Å². The second-order valence-corrected chi connectivity index (χ2v) is 6.93. The predicted molar refractivity (Wildman–Crippen MR) is 70.4 cm³/mol. The van der Waals surface area contributed by atoms with Gasteiger partial charge < -0.3 is 9.84 Å². The van der Waals surface area contributed by atoms with Crippen LogP contribution in [0.2, 0.25) is 0 Å². The standard InChI is InChI=1S/C12H17NO2S2/c14-10(11-13-3-6-17-11)9-1-4-15-12(7-9)2-5-16-8-12/h3,6,9-10,14H,1-2,4-5,7-8H2. The van der Waals surface area contributed by atoms with Gasteiger partial charge in [-0.25, -0.2) is 4.98 Å². The van der Waals surface area contributed by atoms with Crippen molar-refractivity contribution in [2.45, 2.75) is 31.0 Å². The van der Waals surface area contributed by atoms with Crippen LogP contribution in [0.4, 0.5) is 0 Å². The Bertz CT molecular complexity index is 363. The van der Waals surface area contributed by atoms with Crippen LogP contribution in [0.25, 0.3) is 0 Å². The first-order valence-corrected chi connectivity index (χ1v) is 8.12. The Kier molecular flexibility index (Phi) is 3.43. The van der Waals surface area contributed by atoms with E-state index in [1.165, 1.54) is 5.75 Å². The van der Waals surface area contributed by atoms with Crippen LogP contribution in [-0.2, 0) is 4.74 Å². The van der Waals surface area contributed by atoms with Crippen LogP contribution in [0, 0.1) is 5.92 Å². The molecule has 5 heteroatoms. The van der Waals surface area contributed by atoms with E-state index in [-0.39, 0.29) is 5.60 Å². The number of hydrogen-bond donors (Lipinski definition) is 1. The number of ether oxygens (including phenoxy) is 1. The van der Waals surface area contributed by atoms with Crippen LogP contribution in [0.15, 0.2) is 11.6 Å². The molecule has 1 aromatic rings. The highest BCUT2D eigenvalue weighted by Gasteiger charge is 2.42. The van der Waals surface area contributed by atoms with E-state index in [9.17, 15) is 5.11 Å². The molecule has 2 fully saturated rings. The first kappa shape index (κ1) is 12.0. The number of nitrogens with zero attached hydrogens (tertiary/aromatic N) is 1. The molecule has 1 spiro atoms. The van der Waals surface area contributed by atoms with Crippen molar-refractivity contribution in [2.24, 2.45) is 5.92 Å². The average Bonchev–Trinajstić information content (AvgIpc) is 3.00. The van der Waals surface area contributed by atoms with Crippen molar-refractivity contribution in [3.05, 3.63) is 16.6 Å². The molecule has 0 aromatic carbocycles. The molecule has 17 heavy (non-hydrogen) atoms. The van der Waals surface area contributed by atoms with Gasteiger partial charge in [-0.1, -0.05) is 0 Å². The number of aromatic nitrogens is 1. The van der Waals surface area contributed by atoms with Crippen molar-refractivity contribution < 1.29 is 9.84 Å². The van der Waals surface area contributed by atoms with Gasteiger partial charge in [-0.2, -0.15) is 11.8 Å². The number of rotatable bonds is 2. The van der Waals surface area contributed by atoms with Gasteiger partial charge in [-0.15, -0.1) is 11.3 Å². The lowest BCUT2D eigenvalue weighted by Gasteiger charge is -2.39. The van der Waals surface area contributed by atoms with Gasteiger partial charge in [-0.3, -0.25) is 0 Å². The minimum absolute atomic E-state index is 0.0474. The molecule has 0 saturated carbocycles. The Morgan fingerprint density at radius 3 is 3.24 bits per heavy atom. The molecule has 0 radical (unpaired) electrons. The Labute approximate surface area is 110 Å². The molecule has 3 nitrogen and oxygen atoms in total. The number of aliphatic hydroxyl groups excluding tert-OH is 1. The van der Waals surface area contributed by atoms with Crippen molar-refractivity contribution in [1.82, 2.24) is 4.98 Å². The smallest absolute Gasteiger partial charge is 0.121 e. The first-order chi connectivity index (χ1) is 8.29. The summed E-state index contributed by atoms with van der Waals surface area (Å²) in [5.41, 5.74) is 0.0474. The Hall–Kier alpha value is -0.100. The van der Waals surface area contributed by atoms with Crippen LogP contribution < -0.4 is 0 Å². The Morgan fingerprint density at radius 1 is 1.59 bits per heavy atom. The number of aliphatic hydroxyl groups is 1. The van der Waals surface area contributed by atoms with Gasteiger partial charge in [0.05, 0.1) is 5.60 Å². The van der Waals surface area contributed by atoms with Crippen LogP contribution in [0.1, 0.15) is 30.4 Å². The van der Waals surface area contributed by atoms with Crippen molar-refractivity contribution in [2.75, 3.05) is 18.1 Å². The maximum absolute atomic E-state index is 10.4. The highest BCUT2D eigenvalue weighted by molar-refractivity contribution is 7.99. The van der Waals surface area contributed by atoms with E-state index in [0.717, 1.165) is 36.6 Å². The summed E-state index contributed by atoms with van der Waals surface area (Å²) in [6.07, 6.45) is 4.44. The van der Waals surface area contributed by atoms with Gasteiger partial charge in [0, 0.05) is 23.9 Å². The Balaban J connectivity index is 1.71. The van der Waals surface area contributed by atoms with E-state index in [0.29, 0.717) is 5.92 Å². The van der Waals surface area contributed by atoms with E-state index in [2.05, 4.69) is 4.98 Å². The average molecular weight is 271 g/mol. The monoisotopic (exact) mass is 271 g/mol. The number of thiazole rings is 1. The fourth-order valence-electron chi connectivity index (χ4n) is 2.78. The first-order valence-electron chi connectivity index (χ1n) is 6.08. The summed E-state index contributed by atoms with van der Waals surface area (Å²) in [6, 6.07) is 0. The maximum Gasteiger partial charge on any atom is 0.121 e. The summed E-state index contributed by atoms with van der Waals surface area (Å²) in [6.45, 7) is 0.785. The zero-order valence-corrected chi connectivity index (χ0v) is 11.3. The lowest BCUT2D eigenvalue weighted by molar-refractivity contribution is -0.102. The van der Waals surface area contributed by atoms with Crippen LogP contribution in [0.3, 0.4) is 0 Å². The highest BCUT2D eigenvalue weighted by Crippen LogP contribution is 2.44. The third kappa shape index (κ3) is 2.38. The van der Waals surface area contributed by atoms with Crippen molar-refractivity contribution in [3.8, 4) is 0 Å². The topological polar surface area (TPSA) is 42.4 Å². The van der Waals surface area contributed by atoms with E-state index in [1.807, 2.05) is 17.1 Å². The molecular formula is C12H17NO2S2. The summed E-state index contributed by atoms with van der Waals surface area (Å²) in [5, 5.41) is 13.2. The molecule has 3 atom stereocenters. The van der Waals surface area contributed by atoms with Crippen LogP contribution in [0.5, 0.6) is 0 Å². The number of hydrogen-bond acceptors (Lipinski definition) is 5. The Morgan fingerprint density at radius 2 is 2.53 bits per heavy atom. The molecule has 2 saturated heterocycles. The third-order valence-electron chi connectivity index (χ3n) is 3.75. The quantitative estimate of drug-likeness (QED) is 0.897. The van der Waals surface area contributed by atoms with Gasteiger partial charge in [0.15, 0.2) is 0 Å². The second kappa shape index (κ2) is 4.88. The zero-order valence-electron chi connectivity index (χ0n) is 9.67. The molecule has 3 heterocycles. The maximum atomic E-state index is 10.4. The second-order valence-electron chi connectivity index (χ2n) is 4.90. The van der Waals surface area contributed by atoms with E-state index < -0.39 is 6.10 Å². The largest absolute Gasteiger partial charge is 0.386 e. The van der Waals surface area contributed by atoms with Crippen molar-refractivity contribution >= 4 is 23.1 Å². The van der Waals surface area contributed by atoms with Crippen molar-refractivity contribution in [1.29, 1.82) is 0 Å². The van der Waals surface area contributed by atoms with E-state index in [1.54, 1.807) is 17.5 Å². The minimum atomic E-state index is -0.402. The van der Waals surface area contributed by atoms with Crippen molar-refractivity contribution in [3.63, 3.8) is 0 Å². The van der Waals surface area contributed by atoms with E-state index in [4.69, 9.17) is 4.74 Å². The van der Waals surface area contributed by atoms with Gasteiger partial charge in [-0.05, 0) is 30.9 Å². The zero-order chi connectivity index (χ0) is 11.7. The summed E-state index contributed by atoms with van der Waals surface area (Å²) in [4.78, 5) is 4.23. The van der Waals surface area contributed by atoms with Crippen LogP contribution >= 0.6 is 23.1 Å². The summed E-state index contributed by atoms with van der Waals surface area (Å²) in [5.74, 6) is 2.60. The van der Waals surface area contributed by atoms with Gasteiger partial charge in [0.25, 0.3) is 0 Å². The molecule has 3 rings (SSSR count). The molecule has 0 bridgehead atoms. The molecule has 0 aliphatic carbocycles. The highest BCUT2D eigenvalue weighted by atomic mass is 32.2. The minimum Gasteiger partial charge on any atom is -0.386 e. The molecular weight excluding hydrogens is 254 g/mol. The number of thioether (sulfide) groups is 1. The van der Waals surface area contributed by atoms with E-state index >= 15 is 0 Å². The third-order valence-corrected chi connectivity index (χ3v) is 5.82. The summed E-state index contributed by atoms with van der Waals surface area (Å²) < 4.78 is 5.98. The lowest BCUT2D eigenvalue weighted by Crippen LogP contribution is -2.41. The van der Waals surface area contributed by atoms with Crippen LogP contribution in [-0.4, -0.2) is 33.8 Å². The molecule has 2 aliphatic heterocycles. The van der Waals surface area contributed by atoms with Gasteiger partial charge >= 0.3 is 0 Å². The SMILES string of the molecule is OC(c1nccs1)C1CCOC2(CCSC2)C1. The fraction of sp³-hybridized carbons (Fsp3) is 0.750. The fourth-order valence-corrected chi connectivity index (χ4v) is 4.87. The molecule has 0 amide bonds. The summed E-state index contributed by atoms with van der Waals surface area (Å²) in [7, 11) is 0. The molecule has 1 N–H and O–H groups in total. The molecule has 1 aromatic heterocycles. The van der Waals surface area contributed by atoms with Gasteiger partial charge in [0.2, 0.25) is 0 Å². The molecule has 2 aliphatic rings. The predicted octanol–water partition coefficient (Wildman–Crippen LogP) is 2.48. The molecule has 94 valence electrons. The summed E-state index contributed by atoms with van der Waals surface area (Å²) >= 11 is 3.52.